The number of hydrogen-bond donors (Lipinski definition) is 2. The molecule has 0 spiro atoms. The molecule has 0 bridgehead atoms. The van der Waals surface area contributed by atoms with Gasteiger partial charge in [0.2, 0.25) is 5.09 Å². The highest BCUT2D eigenvalue weighted by molar-refractivity contribution is 7.89. The van der Waals surface area contributed by atoms with Gasteiger partial charge in [-0.1, -0.05) is 6.08 Å². The Morgan fingerprint density at radius 3 is 2.87 bits per heavy atom. The van der Waals surface area contributed by atoms with Crippen molar-refractivity contribution in [3.63, 3.8) is 0 Å². The normalized spacial score (nSPS) is 11.5. The van der Waals surface area contributed by atoms with E-state index in [4.69, 9.17) is 4.42 Å². The molecule has 84 valence electrons. The summed E-state index contributed by atoms with van der Waals surface area (Å²) in [7, 11) is -2.13. The molecule has 0 saturated heterocycles. The van der Waals surface area contributed by atoms with E-state index in [2.05, 4.69) is 16.6 Å². The fourth-order valence-corrected chi connectivity index (χ4v) is 1.66. The Bertz CT molecular complexity index is 422. The summed E-state index contributed by atoms with van der Waals surface area (Å²) >= 11 is 0. The van der Waals surface area contributed by atoms with Crippen LogP contribution in [0.4, 0.5) is 0 Å². The Labute approximate surface area is 89.2 Å². The Morgan fingerprint density at radius 1 is 1.53 bits per heavy atom. The van der Waals surface area contributed by atoms with Crippen LogP contribution in [0.1, 0.15) is 5.76 Å². The van der Waals surface area contributed by atoms with Gasteiger partial charge in [0.05, 0.1) is 6.54 Å². The fourth-order valence-electron chi connectivity index (χ4n) is 0.996. The van der Waals surface area contributed by atoms with Crippen LogP contribution in [-0.2, 0) is 16.6 Å². The molecule has 1 aromatic rings. The summed E-state index contributed by atoms with van der Waals surface area (Å²) in [6.07, 6.45) is 1.72. The third kappa shape index (κ3) is 3.19. The average molecular weight is 230 g/mol. The van der Waals surface area contributed by atoms with E-state index in [9.17, 15) is 8.42 Å². The van der Waals surface area contributed by atoms with Crippen molar-refractivity contribution in [3.05, 3.63) is 30.5 Å². The molecule has 5 nitrogen and oxygen atoms in total. The predicted molar refractivity (Wildman–Crippen MR) is 56.9 cm³/mol. The molecule has 1 aromatic heterocycles. The molecular formula is C9H14N2O3S. The monoisotopic (exact) mass is 230 g/mol. The summed E-state index contributed by atoms with van der Waals surface area (Å²) in [5.74, 6) is 0.575. The van der Waals surface area contributed by atoms with Gasteiger partial charge in [-0.2, -0.15) is 0 Å². The standard InChI is InChI=1S/C9H14N2O3S/c1-3-6-11-7-8-4-5-9(14-8)15(12,13)10-2/h3-5,10-11H,1,6-7H2,2H3. The first-order chi connectivity index (χ1) is 7.10. The van der Waals surface area contributed by atoms with E-state index >= 15 is 0 Å². The summed E-state index contributed by atoms with van der Waals surface area (Å²) < 4.78 is 29.9. The molecule has 0 fully saturated rings. The third-order valence-corrected chi connectivity index (χ3v) is 3.05. The maximum atomic E-state index is 11.3. The molecular weight excluding hydrogens is 216 g/mol. The molecule has 0 aromatic carbocycles. The second kappa shape index (κ2) is 5.11. The van der Waals surface area contributed by atoms with Gasteiger partial charge in [-0.25, -0.2) is 13.1 Å². The first-order valence-electron chi connectivity index (χ1n) is 4.44. The van der Waals surface area contributed by atoms with Gasteiger partial charge in [0.1, 0.15) is 5.76 Å². The molecule has 0 aliphatic heterocycles. The summed E-state index contributed by atoms with van der Waals surface area (Å²) in [4.78, 5) is 0. The van der Waals surface area contributed by atoms with E-state index in [1.807, 2.05) is 0 Å². The lowest BCUT2D eigenvalue weighted by atomic mass is 10.4. The zero-order chi connectivity index (χ0) is 11.3. The molecule has 1 heterocycles. The molecule has 0 aliphatic carbocycles. The van der Waals surface area contributed by atoms with Gasteiger partial charge in [0, 0.05) is 6.54 Å². The Morgan fingerprint density at radius 2 is 2.27 bits per heavy atom. The van der Waals surface area contributed by atoms with Crippen LogP contribution < -0.4 is 10.0 Å². The maximum absolute atomic E-state index is 11.3. The van der Waals surface area contributed by atoms with Crippen LogP contribution >= 0.6 is 0 Å². The van der Waals surface area contributed by atoms with E-state index in [0.717, 1.165) is 0 Å². The minimum atomic E-state index is -3.47. The van der Waals surface area contributed by atoms with Crippen LogP contribution in [0.3, 0.4) is 0 Å². The zero-order valence-corrected chi connectivity index (χ0v) is 9.30. The van der Waals surface area contributed by atoms with Crippen molar-refractivity contribution in [1.82, 2.24) is 10.0 Å². The predicted octanol–water partition coefficient (Wildman–Crippen LogP) is 0.463. The van der Waals surface area contributed by atoms with E-state index in [0.29, 0.717) is 18.8 Å². The first-order valence-corrected chi connectivity index (χ1v) is 5.92. The largest absolute Gasteiger partial charge is 0.447 e. The second-order valence-corrected chi connectivity index (χ2v) is 4.67. The summed E-state index contributed by atoms with van der Waals surface area (Å²) in [5, 5.41) is 2.94. The van der Waals surface area contributed by atoms with Crippen LogP contribution in [0.5, 0.6) is 0 Å². The zero-order valence-electron chi connectivity index (χ0n) is 8.49. The Hall–Kier alpha value is -1.11. The first kappa shape index (κ1) is 12.0. The Balaban J connectivity index is 2.68. The lowest BCUT2D eigenvalue weighted by Crippen LogP contribution is -2.17. The smallest absolute Gasteiger partial charge is 0.273 e. The third-order valence-electron chi connectivity index (χ3n) is 1.76. The molecule has 0 saturated carbocycles. The van der Waals surface area contributed by atoms with E-state index < -0.39 is 10.0 Å². The molecule has 0 aliphatic rings. The molecule has 6 heteroatoms. The van der Waals surface area contributed by atoms with Crippen LogP contribution in [0.2, 0.25) is 0 Å². The number of nitrogens with one attached hydrogen (secondary N) is 2. The molecule has 1 rings (SSSR count). The summed E-state index contributed by atoms with van der Waals surface area (Å²) in [6.45, 7) is 4.68. The van der Waals surface area contributed by atoms with Crippen molar-refractivity contribution >= 4 is 10.0 Å². The molecule has 0 unspecified atom stereocenters. The minimum absolute atomic E-state index is 0.0691. The molecule has 2 N–H and O–H groups in total. The van der Waals surface area contributed by atoms with Gasteiger partial charge < -0.3 is 9.73 Å². The number of hydrogen-bond acceptors (Lipinski definition) is 4. The Kier molecular flexibility index (Phi) is 4.07. The topological polar surface area (TPSA) is 71.3 Å². The summed E-state index contributed by atoms with van der Waals surface area (Å²) in [5.41, 5.74) is 0. The van der Waals surface area contributed by atoms with Gasteiger partial charge in [0.25, 0.3) is 10.0 Å². The average Bonchev–Trinajstić information content (AvgIpc) is 2.68. The van der Waals surface area contributed by atoms with Crippen molar-refractivity contribution in [2.75, 3.05) is 13.6 Å². The lowest BCUT2D eigenvalue weighted by Gasteiger charge is -1.98. The van der Waals surface area contributed by atoms with Crippen molar-refractivity contribution in [2.24, 2.45) is 0 Å². The fraction of sp³-hybridized carbons (Fsp3) is 0.333. The van der Waals surface area contributed by atoms with Crippen molar-refractivity contribution in [2.45, 2.75) is 11.6 Å². The highest BCUT2D eigenvalue weighted by Gasteiger charge is 2.15. The van der Waals surface area contributed by atoms with Crippen LogP contribution in [-0.4, -0.2) is 22.0 Å². The molecule has 0 amide bonds. The lowest BCUT2D eigenvalue weighted by molar-refractivity contribution is 0.403. The van der Waals surface area contributed by atoms with E-state index in [1.165, 1.54) is 13.1 Å². The van der Waals surface area contributed by atoms with E-state index in [-0.39, 0.29) is 5.09 Å². The molecule has 0 radical (unpaired) electrons. The van der Waals surface area contributed by atoms with Crippen molar-refractivity contribution in [1.29, 1.82) is 0 Å². The van der Waals surface area contributed by atoms with Gasteiger partial charge in [-0.15, -0.1) is 6.58 Å². The highest BCUT2D eigenvalue weighted by atomic mass is 32.2. The van der Waals surface area contributed by atoms with Crippen molar-refractivity contribution in [3.8, 4) is 0 Å². The van der Waals surface area contributed by atoms with Gasteiger partial charge in [-0.3, -0.25) is 0 Å². The summed E-state index contributed by atoms with van der Waals surface area (Å²) in [6, 6.07) is 3.05. The van der Waals surface area contributed by atoms with Crippen LogP contribution in [0, 0.1) is 0 Å². The number of sulfonamides is 1. The minimum Gasteiger partial charge on any atom is -0.447 e. The van der Waals surface area contributed by atoms with Crippen molar-refractivity contribution < 1.29 is 12.8 Å². The maximum Gasteiger partial charge on any atom is 0.273 e. The molecule has 0 atom stereocenters. The number of furan rings is 1. The van der Waals surface area contributed by atoms with Gasteiger partial charge >= 0.3 is 0 Å². The SMILES string of the molecule is C=CCNCc1ccc(S(=O)(=O)NC)o1. The van der Waals surface area contributed by atoms with Gasteiger partial charge in [-0.05, 0) is 19.2 Å². The highest BCUT2D eigenvalue weighted by Crippen LogP contribution is 2.12. The molecule has 15 heavy (non-hydrogen) atoms. The number of rotatable bonds is 6. The quantitative estimate of drug-likeness (QED) is 0.550. The van der Waals surface area contributed by atoms with E-state index in [1.54, 1.807) is 12.1 Å². The van der Waals surface area contributed by atoms with Crippen LogP contribution in [0.15, 0.2) is 34.3 Å². The van der Waals surface area contributed by atoms with Crippen LogP contribution in [0.25, 0.3) is 0 Å². The second-order valence-electron chi connectivity index (χ2n) is 2.85. The van der Waals surface area contributed by atoms with Gasteiger partial charge in [0.15, 0.2) is 0 Å².